The third-order valence-corrected chi connectivity index (χ3v) is 5.28. The number of benzene rings is 4. The summed E-state index contributed by atoms with van der Waals surface area (Å²) in [5, 5.41) is 2.59. The molecule has 0 N–H and O–H groups in total. The van der Waals surface area contributed by atoms with Crippen LogP contribution in [0.4, 0.5) is 0 Å². The second kappa shape index (κ2) is 6.86. The van der Waals surface area contributed by atoms with Crippen LogP contribution < -0.4 is 0 Å². The molecule has 0 saturated carbocycles. The van der Waals surface area contributed by atoms with Gasteiger partial charge in [-0.2, -0.15) is 0 Å². The van der Waals surface area contributed by atoms with E-state index in [0.29, 0.717) is 0 Å². The van der Waals surface area contributed by atoms with Crippen molar-refractivity contribution in [1.82, 2.24) is 4.57 Å². The smallest absolute Gasteiger partial charge is 0.0541 e. The lowest BCUT2D eigenvalue weighted by molar-refractivity contribution is 1.18. The van der Waals surface area contributed by atoms with E-state index in [9.17, 15) is 0 Å². The standard InChI is InChI=1S/C27H21N/c1-20-10-12-21(13-11-20)14-15-22-16-18-23(19-17-22)28-26-8-4-2-6-24(26)25-7-3-5-9-27(25)28/h2-19H,1H3. The van der Waals surface area contributed by atoms with Gasteiger partial charge in [0.2, 0.25) is 0 Å². The largest absolute Gasteiger partial charge is 0.309 e. The Balaban J connectivity index is 1.55. The lowest BCUT2D eigenvalue weighted by Crippen LogP contribution is -1.93. The van der Waals surface area contributed by atoms with E-state index < -0.39 is 0 Å². The van der Waals surface area contributed by atoms with E-state index in [1.807, 2.05) is 0 Å². The highest BCUT2D eigenvalue weighted by Gasteiger charge is 2.10. The molecular formula is C27H21N. The minimum Gasteiger partial charge on any atom is -0.309 e. The fourth-order valence-electron chi connectivity index (χ4n) is 3.81. The fourth-order valence-corrected chi connectivity index (χ4v) is 3.81. The first-order valence-electron chi connectivity index (χ1n) is 9.63. The van der Waals surface area contributed by atoms with Gasteiger partial charge in [-0.05, 0) is 42.3 Å². The summed E-state index contributed by atoms with van der Waals surface area (Å²) in [6, 6.07) is 34.6. The van der Waals surface area contributed by atoms with Gasteiger partial charge in [-0.1, -0.05) is 90.5 Å². The quantitative estimate of drug-likeness (QED) is 0.299. The molecule has 134 valence electrons. The Morgan fingerprint density at radius 1 is 0.536 bits per heavy atom. The van der Waals surface area contributed by atoms with Crippen molar-refractivity contribution in [3.8, 4) is 5.69 Å². The molecule has 0 bridgehead atoms. The van der Waals surface area contributed by atoms with E-state index >= 15 is 0 Å². The van der Waals surface area contributed by atoms with Crippen molar-refractivity contribution in [2.24, 2.45) is 0 Å². The summed E-state index contributed by atoms with van der Waals surface area (Å²) < 4.78 is 2.35. The van der Waals surface area contributed by atoms with Gasteiger partial charge in [-0.15, -0.1) is 0 Å². The Labute approximate surface area is 165 Å². The maximum absolute atomic E-state index is 2.35. The lowest BCUT2D eigenvalue weighted by Gasteiger charge is -2.08. The molecule has 1 heteroatoms. The molecule has 5 aromatic rings. The number of hydrogen-bond donors (Lipinski definition) is 0. The molecule has 0 spiro atoms. The van der Waals surface area contributed by atoms with Gasteiger partial charge >= 0.3 is 0 Å². The molecule has 28 heavy (non-hydrogen) atoms. The molecule has 0 aliphatic rings. The highest BCUT2D eigenvalue weighted by atomic mass is 15.0. The van der Waals surface area contributed by atoms with Crippen molar-refractivity contribution in [2.75, 3.05) is 0 Å². The average Bonchev–Trinajstić information content (AvgIpc) is 3.08. The number of para-hydroxylation sites is 2. The second-order valence-electron chi connectivity index (χ2n) is 7.21. The molecule has 0 aliphatic carbocycles. The van der Waals surface area contributed by atoms with Gasteiger partial charge in [0, 0.05) is 16.5 Å². The number of hydrogen-bond acceptors (Lipinski definition) is 0. The van der Waals surface area contributed by atoms with E-state index in [4.69, 9.17) is 0 Å². The third kappa shape index (κ3) is 2.91. The van der Waals surface area contributed by atoms with Crippen LogP contribution in [0, 0.1) is 6.92 Å². The van der Waals surface area contributed by atoms with Gasteiger partial charge < -0.3 is 4.57 Å². The molecular weight excluding hydrogens is 338 g/mol. The van der Waals surface area contributed by atoms with Crippen LogP contribution in [0.15, 0.2) is 97.1 Å². The van der Waals surface area contributed by atoms with E-state index in [-0.39, 0.29) is 0 Å². The van der Waals surface area contributed by atoms with Crippen molar-refractivity contribution in [1.29, 1.82) is 0 Å². The van der Waals surface area contributed by atoms with Crippen molar-refractivity contribution in [3.05, 3.63) is 114 Å². The minimum absolute atomic E-state index is 1.19. The maximum Gasteiger partial charge on any atom is 0.0541 e. The molecule has 0 fully saturated rings. The zero-order valence-electron chi connectivity index (χ0n) is 15.8. The topological polar surface area (TPSA) is 4.93 Å². The molecule has 0 amide bonds. The summed E-state index contributed by atoms with van der Waals surface area (Å²) in [5.41, 5.74) is 7.37. The Morgan fingerprint density at radius 3 is 1.54 bits per heavy atom. The van der Waals surface area contributed by atoms with Crippen LogP contribution >= 0.6 is 0 Å². The van der Waals surface area contributed by atoms with Crippen molar-refractivity contribution < 1.29 is 0 Å². The molecule has 4 aromatic carbocycles. The molecule has 1 aromatic heterocycles. The molecule has 1 nitrogen and oxygen atoms in total. The molecule has 0 aliphatic heterocycles. The molecule has 1 heterocycles. The fraction of sp³-hybridized carbons (Fsp3) is 0.0370. The van der Waals surface area contributed by atoms with E-state index in [2.05, 4.69) is 121 Å². The molecule has 0 radical (unpaired) electrons. The summed E-state index contributed by atoms with van der Waals surface area (Å²) >= 11 is 0. The zero-order valence-corrected chi connectivity index (χ0v) is 15.8. The number of aryl methyl sites for hydroxylation is 1. The van der Waals surface area contributed by atoms with Crippen molar-refractivity contribution in [3.63, 3.8) is 0 Å². The summed E-state index contributed by atoms with van der Waals surface area (Å²) in [6.45, 7) is 2.11. The van der Waals surface area contributed by atoms with Gasteiger partial charge in [0.15, 0.2) is 0 Å². The number of fused-ring (bicyclic) bond motifs is 3. The van der Waals surface area contributed by atoms with Gasteiger partial charge in [-0.25, -0.2) is 0 Å². The number of aromatic nitrogens is 1. The Hall–Kier alpha value is -3.58. The Kier molecular flexibility index (Phi) is 4.06. The normalized spacial score (nSPS) is 11.6. The predicted octanol–water partition coefficient (Wildman–Crippen LogP) is 7.26. The SMILES string of the molecule is Cc1ccc(C=Cc2ccc(-n3c4ccccc4c4ccccc43)cc2)cc1. The van der Waals surface area contributed by atoms with Gasteiger partial charge in [-0.3, -0.25) is 0 Å². The van der Waals surface area contributed by atoms with Crippen molar-refractivity contribution >= 4 is 34.0 Å². The first kappa shape index (κ1) is 16.6. The highest BCUT2D eigenvalue weighted by Crippen LogP contribution is 2.31. The Bertz CT molecular complexity index is 1230. The lowest BCUT2D eigenvalue weighted by atomic mass is 10.1. The summed E-state index contributed by atoms with van der Waals surface area (Å²) in [5.74, 6) is 0. The van der Waals surface area contributed by atoms with Crippen LogP contribution in [-0.2, 0) is 0 Å². The summed E-state index contributed by atoms with van der Waals surface area (Å²) in [7, 11) is 0. The van der Waals surface area contributed by atoms with Crippen LogP contribution in [0.2, 0.25) is 0 Å². The van der Waals surface area contributed by atoms with Gasteiger partial charge in [0.25, 0.3) is 0 Å². The number of rotatable bonds is 3. The second-order valence-corrected chi connectivity index (χ2v) is 7.21. The predicted molar refractivity (Wildman–Crippen MR) is 121 cm³/mol. The molecule has 5 rings (SSSR count). The molecule has 0 saturated heterocycles. The van der Waals surface area contributed by atoms with Crippen molar-refractivity contribution in [2.45, 2.75) is 6.92 Å². The first-order valence-corrected chi connectivity index (χ1v) is 9.63. The minimum atomic E-state index is 1.19. The van der Waals surface area contributed by atoms with E-state index in [1.54, 1.807) is 0 Å². The summed E-state index contributed by atoms with van der Waals surface area (Å²) in [4.78, 5) is 0. The zero-order chi connectivity index (χ0) is 18.9. The number of nitrogens with zero attached hydrogens (tertiary/aromatic N) is 1. The van der Waals surface area contributed by atoms with Crippen LogP contribution in [0.25, 0.3) is 39.6 Å². The Morgan fingerprint density at radius 2 is 1.00 bits per heavy atom. The van der Waals surface area contributed by atoms with Crippen LogP contribution in [0.3, 0.4) is 0 Å². The summed E-state index contributed by atoms with van der Waals surface area (Å²) in [6.07, 6.45) is 4.33. The first-order chi connectivity index (χ1) is 13.8. The van der Waals surface area contributed by atoms with Crippen LogP contribution in [0.5, 0.6) is 0 Å². The average molecular weight is 359 g/mol. The molecule has 0 unspecified atom stereocenters. The molecule has 0 atom stereocenters. The van der Waals surface area contributed by atoms with E-state index in [1.165, 1.54) is 44.2 Å². The third-order valence-electron chi connectivity index (χ3n) is 5.28. The van der Waals surface area contributed by atoms with Gasteiger partial charge in [0.1, 0.15) is 0 Å². The maximum atomic E-state index is 2.35. The van der Waals surface area contributed by atoms with Crippen LogP contribution in [0.1, 0.15) is 16.7 Å². The van der Waals surface area contributed by atoms with E-state index in [0.717, 1.165) is 0 Å². The monoisotopic (exact) mass is 359 g/mol. The van der Waals surface area contributed by atoms with Crippen LogP contribution in [-0.4, -0.2) is 4.57 Å². The van der Waals surface area contributed by atoms with Gasteiger partial charge in [0.05, 0.1) is 11.0 Å². The highest BCUT2D eigenvalue weighted by molar-refractivity contribution is 6.09.